The normalized spacial score (nSPS) is 13.7. The molecule has 0 saturated heterocycles. The van der Waals surface area contributed by atoms with Crippen LogP contribution in [-0.2, 0) is 19.4 Å². The minimum Gasteiger partial charge on any atom is -0.487 e. The largest absolute Gasteiger partial charge is 0.487 e. The molecule has 0 fully saturated rings. The fraction of sp³-hybridized carbons (Fsp3) is 0.212. The fourth-order valence-corrected chi connectivity index (χ4v) is 6.86. The number of rotatable bonds is 6. The summed E-state index contributed by atoms with van der Waals surface area (Å²) in [7, 11) is 0. The minimum absolute atomic E-state index is 0.0786. The zero-order valence-electron chi connectivity index (χ0n) is 24.1. The molecule has 3 aromatic carbocycles. The SMILES string of the molecule is CCc1cc2c(=O)n(-c3ccc4c(c3)CC(C)(C)O4)c(=O)n(Cc3ccc(-c4ccccc4-c4noc(=O)[nH]4)cc3F)c2s1. The van der Waals surface area contributed by atoms with Crippen LogP contribution in [0.3, 0.4) is 0 Å². The maximum atomic E-state index is 15.8. The van der Waals surface area contributed by atoms with Gasteiger partial charge in [-0.05, 0) is 61.7 Å². The first-order valence-corrected chi connectivity index (χ1v) is 15.0. The summed E-state index contributed by atoms with van der Waals surface area (Å²) in [6, 6.07) is 19.0. The third-order valence-electron chi connectivity index (χ3n) is 7.83. The summed E-state index contributed by atoms with van der Waals surface area (Å²) in [5.74, 6) is -0.243. The monoisotopic (exact) mass is 610 g/mol. The Labute approximate surface area is 253 Å². The number of H-pyrrole nitrogens is 1. The van der Waals surface area contributed by atoms with E-state index < -0.39 is 22.8 Å². The molecule has 7 rings (SSSR count). The molecule has 0 amide bonds. The lowest BCUT2D eigenvalue weighted by atomic mass is 9.98. The summed E-state index contributed by atoms with van der Waals surface area (Å²) < 4.78 is 29.1. The van der Waals surface area contributed by atoms with Gasteiger partial charge in [0.15, 0.2) is 5.82 Å². The van der Waals surface area contributed by atoms with Gasteiger partial charge in [-0.1, -0.05) is 48.5 Å². The van der Waals surface area contributed by atoms with Crippen molar-refractivity contribution in [1.29, 1.82) is 0 Å². The third-order valence-corrected chi connectivity index (χ3v) is 9.13. The summed E-state index contributed by atoms with van der Waals surface area (Å²) in [4.78, 5) is 43.3. The third kappa shape index (κ3) is 4.69. The Morgan fingerprint density at radius 2 is 1.82 bits per heavy atom. The van der Waals surface area contributed by atoms with Gasteiger partial charge in [-0.3, -0.25) is 18.9 Å². The number of halogens is 1. The van der Waals surface area contributed by atoms with E-state index in [-0.39, 0.29) is 23.5 Å². The van der Waals surface area contributed by atoms with Gasteiger partial charge < -0.3 is 4.74 Å². The van der Waals surface area contributed by atoms with Gasteiger partial charge in [-0.25, -0.2) is 18.5 Å². The zero-order chi connectivity index (χ0) is 30.7. The van der Waals surface area contributed by atoms with Crippen LogP contribution in [0, 0.1) is 5.82 Å². The molecule has 1 aliphatic heterocycles. The Morgan fingerprint density at radius 3 is 2.55 bits per heavy atom. The van der Waals surface area contributed by atoms with Gasteiger partial charge in [0.05, 0.1) is 17.6 Å². The molecule has 44 heavy (non-hydrogen) atoms. The second-order valence-corrected chi connectivity index (χ2v) is 12.5. The molecule has 0 unspecified atom stereocenters. The average Bonchev–Trinajstić information content (AvgIpc) is 3.71. The lowest BCUT2D eigenvalue weighted by molar-refractivity contribution is 0.138. The van der Waals surface area contributed by atoms with Crippen LogP contribution in [0.25, 0.3) is 38.4 Å². The number of ether oxygens (including phenoxy) is 1. The number of aromatic amines is 1. The molecular weight excluding hydrogens is 583 g/mol. The van der Waals surface area contributed by atoms with Gasteiger partial charge in [0.2, 0.25) is 0 Å². The van der Waals surface area contributed by atoms with Crippen molar-refractivity contribution in [1.82, 2.24) is 19.3 Å². The van der Waals surface area contributed by atoms with Gasteiger partial charge in [0.25, 0.3) is 5.56 Å². The second-order valence-electron chi connectivity index (χ2n) is 11.4. The quantitative estimate of drug-likeness (QED) is 0.260. The molecule has 3 aromatic heterocycles. The van der Waals surface area contributed by atoms with Crippen LogP contribution in [0.2, 0.25) is 0 Å². The lowest BCUT2D eigenvalue weighted by Crippen LogP contribution is -2.38. The van der Waals surface area contributed by atoms with Crippen LogP contribution in [0.1, 0.15) is 36.8 Å². The lowest BCUT2D eigenvalue weighted by Gasteiger charge is -2.16. The standard InChI is InChI=1S/C33H27FN4O5S/c1-4-22-15-25-29(39)38(21-11-12-27-20(13-21)16-33(2,3)42-27)32(41)37(30(25)44-22)17-19-10-9-18(14-26(19)34)23-7-5-6-8-24(23)28-35-31(40)43-36-28/h5-15H,4,16-17H2,1-3H3,(H,35,36,40). The highest BCUT2D eigenvalue weighted by Crippen LogP contribution is 2.36. The second kappa shape index (κ2) is 10.3. The highest BCUT2D eigenvalue weighted by molar-refractivity contribution is 7.18. The first-order valence-electron chi connectivity index (χ1n) is 14.2. The van der Waals surface area contributed by atoms with E-state index in [0.717, 1.165) is 16.2 Å². The molecule has 9 nitrogen and oxygen atoms in total. The maximum Gasteiger partial charge on any atom is 0.439 e. The van der Waals surface area contributed by atoms with Crippen LogP contribution in [0.5, 0.6) is 5.75 Å². The average molecular weight is 611 g/mol. The van der Waals surface area contributed by atoms with Crippen molar-refractivity contribution >= 4 is 21.6 Å². The molecule has 0 spiro atoms. The number of aromatic nitrogens is 4. The Bertz CT molecular complexity index is 2270. The molecular formula is C33H27FN4O5S. The molecule has 11 heteroatoms. The Hall–Kier alpha value is -5.03. The summed E-state index contributed by atoms with van der Waals surface area (Å²) >= 11 is 1.37. The van der Waals surface area contributed by atoms with Crippen molar-refractivity contribution in [2.45, 2.75) is 45.8 Å². The van der Waals surface area contributed by atoms with Gasteiger partial charge >= 0.3 is 11.4 Å². The van der Waals surface area contributed by atoms with Gasteiger partial charge in [0.1, 0.15) is 22.0 Å². The topological polar surface area (TPSA) is 112 Å². The van der Waals surface area contributed by atoms with Crippen molar-refractivity contribution in [2.24, 2.45) is 0 Å². The summed E-state index contributed by atoms with van der Waals surface area (Å²) in [6.07, 6.45) is 1.34. The van der Waals surface area contributed by atoms with E-state index in [2.05, 4.69) is 14.7 Å². The summed E-state index contributed by atoms with van der Waals surface area (Å²) in [5.41, 5.74) is 2.08. The molecule has 6 aromatic rings. The minimum atomic E-state index is -0.689. The van der Waals surface area contributed by atoms with E-state index in [9.17, 15) is 14.4 Å². The zero-order valence-corrected chi connectivity index (χ0v) is 25.0. The first-order chi connectivity index (χ1) is 21.1. The van der Waals surface area contributed by atoms with Crippen molar-refractivity contribution in [2.75, 3.05) is 0 Å². The highest BCUT2D eigenvalue weighted by atomic mass is 32.1. The number of hydrogen-bond donors (Lipinski definition) is 1. The Kier molecular flexibility index (Phi) is 6.51. The molecule has 0 bridgehead atoms. The van der Waals surface area contributed by atoms with Crippen molar-refractivity contribution < 1.29 is 13.7 Å². The van der Waals surface area contributed by atoms with Crippen molar-refractivity contribution in [3.8, 4) is 34.0 Å². The van der Waals surface area contributed by atoms with E-state index in [4.69, 9.17) is 4.74 Å². The molecule has 1 aliphatic rings. The van der Waals surface area contributed by atoms with E-state index >= 15 is 4.39 Å². The van der Waals surface area contributed by atoms with E-state index in [1.807, 2.05) is 32.9 Å². The van der Waals surface area contributed by atoms with E-state index in [0.29, 0.717) is 45.4 Å². The fourth-order valence-electron chi connectivity index (χ4n) is 5.78. The van der Waals surface area contributed by atoms with Crippen LogP contribution >= 0.6 is 11.3 Å². The summed E-state index contributed by atoms with van der Waals surface area (Å²) in [6.45, 7) is 5.88. The van der Waals surface area contributed by atoms with Crippen LogP contribution in [0.4, 0.5) is 4.39 Å². The first kappa shape index (κ1) is 27.8. The number of nitrogens with zero attached hydrogens (tertiary/aromatic N) is 3. The van der Waals surface area contributed by atoms with Crippen molar-refractivity contribution in [3.05, 3.63) is 120 Å². The molecule has 0 saturated carbocycles. The van der Waals surface area contributed by atoms with Crippen LogP contribution in [-0.4, -0.2) is 24.9 Å². The highest BCUT2D eigenvalue weighted by Gasteiger charge is 2.30. The Balaban J connectivity index is 1.33. The predicted molar refractivity (Wildman–Crippen MR) is 167 cm³/mol. The van der Waals surface area contributed by atoms with Gasteiger partial charge in [0, 0.05) is 28.0 Å². The van der Waals surface area contributed by atoms with E-state index in [1.54, 1.807) is 48.5 Å². The molecule has 0 aliphatic carbocycles. The van der Waals surface area contributed by atoms with E-state index in [1.165, 1.54) is 26.5 Å². The number of benzene rings is 3. The molecule has 0 atom stereocenters. The van der Waals surface area contributed by atoms with Gasteiger partial charge in [-0.15, -0.1) is 11.3 Å². The van der Waals surface area contributed by atoms with Crippen LogP contribution < -0.4 is 21.7 Å². The number of hydrogen-bond acceptors (Lipinski definition) is 7. The number of fused-ring (bicyclic) bond motifs is 2. The predicted octanol–water partition coefficient (Wildman–Crippen LogP) is 5.69. The molecule has 4 heterocycles. The van der Waals surface area contributed by atoms with Crippen LogP contribution in [0.15, 0.2) is 85.6 Å². The molecule has 0 radical (unpaired) electrons. The Morgan fingerprint density at radius 1 is 1.02 bits per heavy atom. The van der Waals surface area contributed by atoms with Gasteiger partial charge in [-0.2, -0.15) is 0 Å². The smallest absolute Gasteiger partial charge is 0.439 e. The van der Waals surface area contributed by atoms with Crippen molar-refractivity contribution in [3.63, 3.8) is 0 Å². The number of aryl methyl sites for hydroxylation is 1. The molecule has 1 N–H and O–H groups in total. The summed E-state index contributed by atoms with van der Waals surface area (Å²) in [5, 5.41) is 4.19. The number of nitrogens with one attached hydrogen (secondary N) is 1. The maximum absolute atomic E-state index is 15.8. The molecule has 222 valence electrons. The number of thiophene rings is 1.